The van der Waals surface area contributed by atoms with E-state index in [1.54, 1.807) is 6.07 Å². The summed E-state index contributed by atoms with van der Waals surface area (Å²) >= 11 is 0. The lowest BCUT2D eigenvalue weighted by molar-refractivity contribution is 0.0727. The largest absolute Gasteiger partial charge is 0.491 e. The monoisotopic (exact) mass is 431 g/mol. The molecule has 0 saturated heterocycles. The van der Waals surface area contributed by atoms with Gasteiger partial charge in [0.05, 0.1) is 12.2 Å². The van der Waals surface area contributed by atoms with Gasteiger partial charge in [0.1, 0.15) is 18.1 Å². The Labute approximate surface area is 188 Å². The molecule has 1 N–H and O–H groups in total. The van der Waals surface area contributed by atoms with Crippen LogP contribution in [0.2, 0.25) is 0 Å². The van der Waals surface area contributed by atoms with Crippen LogP contribution in [-0.4, -0.2) is 51.1 Å². The van der Waals surface area contributed by atoms with Crippen molar-refractivity contribution in [3.8, 4) is 5.75 Å². The van der Waals surface area contributed by atoms with Gasteiger partial charge in [0.2, 0.25) is 0 Å². The SMILES string of the molecule is Cc1cccc(C(=O)N2CCOc3ccc(CN(C)Cc4cc(C5CC5)n[nH]4)cc3C2)n1. The summed E-state index contributed by atoms with van der Waals surface area (Å²) in [7, 11) is 2.11. The van der Waals surface area contributed by atoms with E-state index in [-0.39, 0.29) is 5.91 Å². The molecule has 7 nitrogen and oxygen atoms in total. The molecule has 0 atom stereocenters. The van der Waals surface area contributed by atoms with Gasteiger partial charge in [0.15, 0.2) is 0 Å². The van der Waals surface area contributed by atoms with E-state index in [1.165, 1.54) is 24.1 Å². The fraction of sp³-hybridized carbons (Fsp3) is 0.400. The number of aromatic amines is 1. The summed E-state index contributed by atoms with van der Waals surface area (Å²) in [5.41, 5.74) is 5.90. The Morgan fingerprint density at radius 3 is 2.91 bits per heavy atom. The third-order valence-electron chi connectivity index (χ3n) is 6.04. The van der Waals surface area contributed by atoms with Crippen molar-refractivity contribution in [3.63, 3.8) is 0 Å². The Bertz CT molecular complexity index is 1120. The minimum Gasteiger partial charge on any atom is -0.491 e. The zero-order chi connectivity index (χ0) is 22.1. The fourth-order valence-electron chi connectivity index (χ4n) is 4.25. The molecule has 0 bridgehead atoms. The van der Waals surface area contributed by atoms with Crippen LogP contribution in [0.3, 0.4) is 0 Å². The second kappa shape index (κ2) is 8.74. The van der Waals surface area contributed by atoms with Crippen molar-refractivity contribution in [2.24, 2.45) is 0 Å². The quantitative estimate of drug-likeness (QED) is 0.645. The Morgan fingerprint density at radius 2 is 2.09 bits per heavy atom. The summed E-state index contributed by atoms with van der Waals surface area (Å²) in [5, 5.41) is 7.63. The van der Waals surface area contributed by atoms with Crippen molar-refractivity contribution in [2.75, 3.05) is 20.2 Å². The van der Waals surface area contributed by atoms with Gasteiger partial charge >= 0.3 is 0 Å². The molecule has 0 spiro atoms. The molecule has 2 aromatic heterocycles. The lowest BCUT2D eigenvalue weighted by atomic mass is 10.1. The predicted molar refractivity (Wildman–Crippen MR) is 121 cm³/mol. The molecule has 5 rings (SSSR count). The number of amides is 1. The minimum atomic E-state index is -0.0571. The van der Waals surface area contributed by atoms with Gasteiger partial charge in [-0.3, -0.25) is 14.8 Å². The number of H-pyrrole nitrogens is 1. The number of hydrogen-bond donors (Lipinski definition) is 1. The molecule has 3 aromatic rings. The summed E-state index contributed by atoms with van der Waals surface area (Å²) in [4.78, 5) is 21.5. The number of fused-ring (bicyclic) bond motifs is 1. The van der Waals surface area contributed by atoms with Crippen LogP contribution in [0.15, 0.2) is 42.5 Å². The second-order valence-electron chi connectivity index (χ2n) is 8.95. The Morgan fingerprint density at radius 1 is 1.22 bits per heavy atom. The number of hydrogen-bond acceptors (Lipinski definition) is 5. The van der Waals surface area contributed by atoms with Crippen molar-refractivity contribution >= 4 is 5.91 Å². The van der Waals surface area contributed by atoms with Crippen molar-refractivity contribution in [1.29, 1.82) is 0 Å². The van der Waals surface area contributed by atoms with Crippen LogP contribution < -0.4 is 4.74 Å². The van der Waals surface area contributed by atoms with E-state index < -0.39 is 0 Å². The van der Waals surface area contributed by atoms with E-state index in [9.17, 15) is 4.79 Å². The number of carbonyl (C=O) groups is 1. The average Bonchev–Trinajstić information content (AvgIpc) is 3.56. The van der Waals surface area contributed by atoms with E-state index in [0.29, 0.717) is 31.3 Å². The smallest absolute Gasteiger partial charge is 0.272 e. The van der Waals surface area contributed by atoms with E-state index in [4.69, 9.17) is 4.74 Å². The maximum Gasteiger partial charge on any atom is 0.272 e. The minimum absolute atomic E-state index is 0.0571. The molecular formula is C25H29N5O2. The van der Waals surface area contributed by atoms with Crippen LogP contribution in [0.25, 0.3) is 0 Å². The van der Waals surface area contributed by atoms with E-state index >= 15 is 0 Å². The number of carbonyl (C=O) groups excluding carboxylic acids is 1. The highest BCUT2D eigenvalue weighted by Gasteiger charge is 2.26. The lowest BCUT2D eigenvalue weighted by Gasteiger charge is -2.20. The van der Waals surface area contributed by atoms with Crippen LogP contribution >= 0.6 is 0 Å². The molecule has 1 fully saturated rings. The van der Waals surface area contributed by atoms with Gasteiger partial charge in [0.25, 0.3) is 5.91 Å². The van der Waals surface area contributed by atoms with Gasteiger partial charge in [-0.05, 0) is 62.7 Å². The molecule has 1 aliphatic carbocycles. The van der Waals surface area contributed by atoms with Gasteiger partial charge in [-0.2, -0.15) is 5.10 Å². The fourth-order valence-corrected chi connectivity index (χ4v) is 4.25. The summed E-state index contributed by atoms with van der Waals surface area (Å²) < 4.78 is 5.93. The van der Waals surface area contributed by atoms with Crippen LogP contribution in [-0.2, 0) is 19.6 Å². The average molecular weight is 432 g/mol. The highest BCUT2D eigenvalue weighted by molar-refractivity contribution is 5.92. The molecule has 0 radical (unpaired) electrons. The standard InChI is InChI=1S/C25H29N5O2/c1-17-4-3-5-22(26-17)25(31)30-10-11-32-24-9-6-18(12-20(24)15-30)14-29(2)16-21-13-23(28-27-21)19-7-8-19/h3-6,9,12-13,19H,7-8,10-11,14-16H2,1-2H3,(H,27,28). The number of aromatic nitrogens is 3. The normalized spacial score (nSPS) is 15.9. The van der Waals surface area contributed by atoms with Gasteiger partial charge in [-0.1, -0.05) is 12.1 Å². The number of pyridine rings is 1. The highest BCUT2D eigenvalue weighted by atomic mass is 16.5. The molecule has 1 aromatic carbocycles. The first-order valence-corrected chi connectivity index (χ1v) is 11.3. The molecule has 1 amide bonds. The third kappa shape index (κ3) is 4.67. The molecule has 2 aliphatic rings. The molecule has 1 aliphatic heterocycles. The number of nitrogens with one attached hydrogen (secondary N) is 1. The lowest BCUT2D eigenvalue weighted by Crippen LogP contribution is -2.33. The van der Waals surface area contributed by atoms with Crippen molar-refractivity contribution in [3.05, 3.63) is 76.4 Å². The van der Waals surface area contributed by atoms with Gasteiger partial charge in [-0.25, -0.2) is 4.98 Å². The number of nitrogens with zero attached hydrogens (tertiary/aromatic N) is 4. The third-order valence-corrected chi connectivity index (χ3v) is 6.04. The molecule has 1 saturated carbocycles. The van der Waals surface area contributed by atoms with E-state index in [1.807, 2.05) is 30.0 Å². The number of benzene rings is 1. The molecule has 3 heterocycles. The number of rotatable bonds is 6. The van der Waals surface area contributed by atoms with Crippen LogP contribution in [0.5, 0.6) is 5.75 Å². The first-order valence-electron chi connectivity index (χ1n) is 11.3. The number of aryl methyl sites for hydroxylation is 1. The van der Waals surface area contributed by atoms with E-state index in [2.05, 4.69) is 45.3 Å². The predicted octanol–water partition coefficient (Wildman–Crippen LogP) is 3.66. The maximum atomic E-state index is 13.0. The molecule has 0 unspecified atom stereocenters. The molecule has 32 heavy (non-hydrogen) atoms. The van der Waals surface area contributed by atoms with Crippen molar-refractivity contribution in [2.45, 2.75) is 45.3 Å². The maximum absolute atomic E-state index is 13.0. The Hall–Kier alpha value is -3.19. The zero-order valence-electron chi connectivity index (χ0n) is 18.7. The zero-order valence-corrected chi connectivity index (χ0v) is 18.7. The van der Waals surface area contributed by atoms with E-state index in [0.717, 1.165) is 35.8 Å². The second-order valence-corrected chi connectivity index (χ2v) is 8.95. The summed E-state index contributed by atoms with van der Waals surface area (Å²) in [6.45, 7) is 5.06. The van der Waals surface area contributed by atoms with Crippen LogP contribution in [0.4, 0.5) is 0 Å². The molecule has 7 heteroatoms. The van der Waals surface area contributed by atoms with Gasteiger partial charge in [-0.15, -0.1) is 0 Å². The Balaban J connectivity index is 1.27. The molecule has 166 valence electrons. The van der Waals surface area contributed by atoms with Gasteiger partial charge < -0.3 is 9.64 Å². The van der Waals surface area contributed by atoms with Gasteiger partial charge in [0, 0.05) is 42.5 Å². The topological polar surface area (TPSA) is 74.3 Å². The first-order chi connectivity index (χ1) is 15.5. The Kier molecular flexibility index (Phi) is 5.66. The van der Waals surface area contributed by atoms with Crippen molar-refractivity contribution in [1.82, 2.24) is 25.0 Å². The number of ether oxygens (including phenoxy) is 1. The summed E-state index contributed by atoms with van der Waals surface area (Å²) in [5.74, 6) is 1.46. The van der Waals surface area contributed by atoms with Crippen molar-refractivity contribution < 1.29 is 9.53 Å². The van der Waals surface area contributed by atoms with Crippen LogP contribution in [0, 0.1) is 6.92 Å². The first kappa shape index (κ1) is 20.7. The van der Waals surface area contributed by atoms with Crippen LogP contribution in [0.1, 0.15) is 57.5 Å². The highest BCUT2D eigenvalue weighted by Crippen LogP contribution is 2.39. The molecular weight excluding hydrogens is 402 g/mol. The summed E-state index contributed by atoms with van der Waals surface area (Å²) in [6, 6.07) is 14.0. The summed E-state index contributed by atoms with van der Waals surface area (Å²) in [6.07, 6.45) is 2.52.